The zero-order valence-electron chi connectivity index (χ0n) is 22.1. The Balaban J connectivity index is 1.41. The average Bonchev–Trinajstić information content (AvgIpc) is 3.04. The van der Waals surface area contributed by atoms with Crippen LogP contribution in [0.1, 0.15) is 67.4 Å². The van der Waals surface area contributed by atoms with E-state index in [1.54, 1.807) is 47.4 Å². The van der Waals surface area contributed by atoms with Crippen molar-refractivity contribution in [3.63, 3.8) is 0 Å². The number of rotatable bonds is 4. The van der Waals surface area contributed by atoms with Crippen molar-refractivity contribution in [3.05, 3.63) is 124 Å². The second-order valence-electron chi connectivity index (χ2n) is 10.4. The molecule has 6 heteroatoms. The van der Waals surface area contributed by atoms with Crippen LogP contribution >= 0.6 is 0 Å². The van der Waals surface area contributed by atoms with Crippen LogP contribution in [0.15, 0.2) is 94.7 Å². The molecule has 4 aromatic rings. The molecule has 39 heavy (non-hydrogen) atoms. The van der Waals surface area contributed by atoms with Crippen LogP contribution in [0.25, 0.3) is 0 Å². The molecule has 196 valence electrons. The SMILES string of the molecule is Cc1ccc(C)c(CN2C(=O)c3ccccc3[S@@](=O)c3ccc(C(=O)N[C@@H]4CCCc5ccccc54)cc32)c1. The van der Waals surface area contributed by atoms with Gasteiger partial charge in [0, 0.05) is 5.56 Å². The Morgan fingerprint density at radius 3 is 2.62 bits per heavy atom. The fraction of sp³-hybridized carbons (Fsp3) is 0.212. The fourth-order valence-corrected chi connectivity index (χ4v) is 6.99. The molecule has 0 unspecified atom stereocenters. The molecule has 0 saturated carbocycles. The summed E-state index contributed by atoms with van der Waals surface area (Å²) in [5.41, 5.74) is 6.98. The zero-order valence-corrected chi connectivity index (χ0v) is 22.9. The van der Waals surface area contributed by atoms with Crippen LogP contribution in [-0.2, 0) is 23.8 Å². The molecule has 5 nitrogen and oxygen atoms in total. The lowest BCUT2D eigenvalue weighted by molar-refractivity contribution is 0.0930. The molecule has 2 amide bonds. The van der Waals surface area contributed by atoms with Crippen molar-refractivity contribution in [1.82, 2.24) is 5.32 Å². The van der Waals surface area contributed by atoms with Gasteiger partial charge in [0.05, 0.1) is 44.4 Å². The highest BCUT2D eigenvalue weighted by Crippen LogP contribution is 2.37. The summed E-state index contributed by atoms with van der Waals surface area (Å²) in [4.78, 5) is 30.2. The van der Waals surface area contributed by atoms with Crippen molar-refractivity contribution in [3.8, 4) is 0 Å². The van der Waals surface area contributed by atoms with Crippen LogP contribution in [0, 0.1) is 13.8 Å². The first kappa shape index (κ1) is 25.3. The van der Waals surface area contributed by atoms with Crippen molar-refractivity contribution in [1.29, 1.82) is 0 Å². The summed E-state index contributed by atoms with van der Waals surface area (Å²) in [6.07, 6.45) is 2.91. The number of hydrogen-bond acceptors (Lipinski definition) is 3. The minimum atomic E-state index is -1.57. The van der Waals surface area contributed by atoms with Gasteiger partial charge in [0.2, 0.25) is 0 Å². The molecule has 0 fully saturated rings. The minimum Gasteiger partial charge on any atom is -0.345 e. The average molecular weight is 535 g/mol. The molecule has 0 aromatic heterocycles. The predicted molar refractivity (Wildman–Crippen MR) is 154 cm³/mol. The van der Waals surface area contributed by atoms with E-state index in [1.807, 2.05) is 38.1 Å². The number of aryl methyl sites for hydroxylation is 3. The third-order valence-corrected chi connectivity index (χ3v) is 9.28. The number of nitrogens with one attached hydrogen (secondary N) is 1. The van der Waals surface area contributed by atoms with Crippen molar-refractivity contribution >= 4 is 28.3 Å². The molecule has 2 aliphatic rings. The highest BCUT2D eigenvalue weighted by atomic mass is 32.2. The van der Waals surface area contributed by atoms with Crippen LogP contribution in [-0.4, -0.2) is 16.0 Å². The number of nitrogens with zero attached hydrogens (tertiary/aromatic N) is 1. The number of benzene rings is 4. The lowest BCUT2D eigenvalue weighted by Gasteiger charge is -2.27. The summed E-state index contributed by atoms with van der Waals surface area (Å²) in [5.74, 6) is -0.427. The number of carbonyl (C=O) groups is 2. The van der Waals surface area contributed by atoms with Gasteiger partial charge >= 0.3 is 0 Å². The summed E-state index contributed by atoms with van der Waals surface area (Å²) in [7, 11) is -1.57. The molecule has 1 N–H and O–H groups in total. The summed E-state index contributed by atoms with van der Waals surface area (Å²) in [6.45, 7) is 4.36. The van der Waals surface area contributed by atoms with Gasteiger partial charge in [0.1, 0.15) is 0 Å². The topological polar surface area (TPSA) is 66.5 Å². The molecular formula is C33H30N2O3S. The molecule has 6 rings (SSSR count). The maximum atomic E-state index is 14.0. The number of amides is 2. The van der Waals surface area contributed by atoms with Crippen molar-refractivity contribution in [2.24, 2.45) is 0 Å². The first-order valence-electron chi connectivity index (χ1n) is 13.3. The van der Waals surface area contributed by atoms with E-state index in [0.29, 0.717) is 33.2 Å². The number of anilines is 1. The van der Waals surface area contributed by atoms with Gasteiger partial charge in [-0.2, -0.15) is 0 Å². The number of fused-ring (bicyclic) bond motifs is 3. The van der Waals surface area contributed by atoms with E-state index < -0.39 is 10.8 Å². The Bertz CT molecular complexity index is 1640. The molecule has 0 spiro atoms. The quantitative estimate of drug-likeness (QED) is 0.328. The van der Waals surface area contributed by atoms with Crippen LogP contribution in [0.2, 0.25) is 0 Å². The molecule has 1 heterocycles. The van der Waals surface area contributed by atoms with Crippen molar-refractivity contribution < 1.29 is 13.8 Å². The van der Waals surface area contributed by atoms with Gasteiger partial charge in [-0.3, -0.25) is 9.59 Å². The summed E-state index contributed by atoms with van der Waals surface area (Å²) >= 11 is 0. The molecule has 0 saturated heterocycles. The Morgan fingerprint density at radius 1 is 0.949 bits per heavy atom. The predicted octanol–water partition coefficient (Wildman–Crippen LogP) is 6.44. The van der Waals surface area contributed by atoms with Gasteiger partial charge in [0.25, 0.3) is 11.8 Å². The third kappa shape index (κ3) is 4.70. The van der Waals surface area contributed by atoms with Crippen molar-refractivity contribution in [2.45, 2.75) is 55.5 Å². The lowest BCUT2D eigenvalue weighted by atomic mass is 9.87. The van der Waals surface area contributed by atoms with E-state index in [9.17, 15) is 13.8 Å². The Morgan fingerprint density at radius 2 is 1.74 bits per heavy atom. The molecule has 1 aliphatic heterocycles. The smallest absolute Gasteiger partial charge is 0.259 e. The van der Waals surface area contributed by atoms with Crippen LogP contribution in [0.5, 0.6) is 0 Å². The normalized spacial score (nSPS) is 18.0. The maximum Gasteiger partial charge on any atom is 0.259 e. The second-order valence-corrected chi connectivity index (χ2v) is 11.8. The van der Waals surface area contributed by atoms with E-state index in [2.05, 4.69) is 23.5 Å². The molecular weight excluding hydrogens is 504 g/mol. The van der Waals surface area contributed by atoms with E-state index in [0.717, 1.165) is 41.5 Å². The van der Waals surface area contributed by atoms with E-state index in [4.69, 9.17) is 0 Å². The van der Waals surface area contributed by atoms with E-state index in [-0.39, 0.29) is 17.9 Å². The Hall–Kier alpha value is -4.03. The zero-order chi connectivity index (χ0) is 27.1. The molecule has 1 aliphatic carbocycles. The standard InChI is InChI=1S/C33H30N2O3S/c1-21-14-15-22(2)25(18-21)20-35-29-19-24(32(36)34-28-12-7-9-23-8-3-4-10-26(23)28)16-17-31(29)39(38)30-13-6-5-11-27(30)33(35)37/h3-6,8,10-11,13-19,28H,7,9,12,20H2,1-2H3,(H,34,36)/t28-,39-/m1/s1. The monoisotopic (exact) mass is 534 g/mol. The highest BCUT2D eigenvalue weighted by molar-refractivity contribution is 7.85. The summed E-state index contributed by atoms with van der Waals surface area (Å²) in [5, 5.41) is 3.22. The largest absolute Gasteiger partial charge is 0.345 e. The first-order valence-corrected chi connectivity index (χ1v) is 14.5. The lowest BCUT2D eigenvalue weighted by Crippen LogP contribution is -2.32. The van der Waals surface area contributed by atoms with Crippen LogP contribution < -0.4 is 10.2 Å². The fourth-order valence-electron chi connectivity index (χ4n) is 5.65. The highest BCUT2D eigenvalue weighted by Gasteiger charge is 2.32. The van der Waals surface area contributed by atoms with Crippen molar-refractivity contribution in [2.75, 3.05) is 4.90 Å². The summed E-state index contributed by atoms with van der Waals surface area (Å²) < 4.78 is 13.8. The second kappa shape index (κ2) is 10.3. The van der Waals surface area contributed by atoms with E-state index >= 15 is 0 Å². The minimum absolute atomic E-state index is 0.0627. The van der Waals surface area contributed by atoms with Gasteiger partial charge < -0.3 is 10.2 Å². The number of carbonyl (C=O) groups excluding carboxylic acids is 2. The third-order valence-electron chi connectivity index (χ3n) is 7.78. The molecule has 0 bridgehead atoms. The van der Waals surface area contributed by atoms with Gasteiger partial charge in [-0.05, 0) is 85.7 Å². The summed E-state index contributed by atoms with van der Waals surface area (Å²) in [6, 6.07) is 26.6. The maximum absolute atomic E-state index is 14.0. The Kier molecular flexibility index (Phi) is 6.65. The van der Waals surface area contributed by atoms with Gasteiger partial charge in [-0.15, -0.1) is 0 Å². The van der Waals surface area contributed by atoms with Gasteiger partial charge in [-0.1, -0.05) is 60.2 Å². The van der Waals surface area contributed by atoms with E-state index in [1.165, 1.54) is 5.56 Å². The van der Waals surface area contributed by atoms with Gasteiger partial charge in [-0.25, -0.2) is 4.21 Å². The first-order chi connectivity index (χ1) is 18.9. The van der Waals surface area contributed by atoms with Gasteiger partial charge in [0.15, 0.2) is 0 Å². The molecule has 4 aromatic carbocycles. The Labute approximate surface area is 231 Å². The van der Waals surface area contributed by atoms with Crippen LogP contribution in [0.4, 0.5) is 5.69 Å². The van der Waals surface area contributed by atoms with Crippen LogP contribution in [0.3, 0.4) is 0 Å². The molecule has 0 radical (unpaired) electrons. The number of hydrogen-bond donors (Lipinski definition) is 1. The molecule has 2 atom stereocenters.